The summed E-state index contributed by atoms with van der Waals surface area (Å²) < 4.78 is 25.3. The zero-order valence-corrected chi connectivity index (χ0v) is 16.6. The summed E-state index contributed by atoms with van der Waals surface area (Å²) in [7, 11) is 5.82. The zero-order valence-electron chi connectivity index (χ0n) is 16.6. The molecule has 0 saturated heterocycles. The summed E-state index contributed by atoms with van der Waals surface area (Å²) in [4.78, 5) is 21.3. The van der Waals surface area contributed by atoms with Crippen LogP contribution < -0.4 is 23.7 Å². The first kappa shape index (κ1) is 23.2. The van der Waals surface area contributed by atoms with Crippen molar-refractivity contribution in [2.45, 2.75) is 0 Å². The Hall–Kier alpha value is -3.86. The third-order valence-corrected chi connectivity index (χ3v) is 3.63. The topological polar surface area (TPSA) is 101 Å². The number of methoxy groups -OCH3 is 4. The maximum absolute atomic E-state index is 10.8. The molecule has 2 aromatic rings. The van der Waals surface area contributed by atoms with Gasteiger partial charge in [-0.2, -0.15) is 0 Å². The molecule has 29 heavy (non-hydrogen) atoms. The quantitative estimate of drug-likeness (QED) is 0.531. The van der Waals surface area contributed by atoms with Crippen molar-refractivity contribution < 1.29 is 38.4 Å². The minimum atomic E-state index is -0.197. The lowest BCUT2D eigenvalue weighted by molar-refractivity contribution is 0.111. The SMILES string of the molecule is C#CCOc1c(C=O)ccc(OC)c1OC.COc1ccc(C=O)c(O)c1OC. The highest BCUT2D eigenvalue weighted by Crippen LogP contribution is 2.39. The Kier molecular flexibility index (Phi) is 9.41. The third kappa shape index (κ3) is 5.56. The largest absolute Gasteiger partial charge is 0.504 e. The Labute approximate surface area is 168 Å². The minimum Gasteiger partial charge on any atom is -0.504 e. The van der Waals surface area contributed by atoms with Gasteiger partial charge in [-0.15, -0.1) is 6.42 Å². The van der Waals surface area contributed by atoms with E-state index >= 15 is 0 Å². The molecule has 8 heteroatoms. The second kappa shape index (κ2) is 11.8. The number of aldehydes is 2. The molecule has 0 fully saturated rings. The summed E-state index contributed by atoms with van der Waals surface area (Å²) in [6.07, 6.45) is 6.32. The van der Waals surface area contributed by atoms with Crippen LogP contribution in [0.3, 0.4) is 0 Å². The molecule has 2 rings (SSSR count). The number of rotatable bonds is 8. The Morgan fingerprint density at radius 2 is 1.34 bits per heavy atom. The maximum Gasteiger partial charge on any atom is 0.204 e. The van der Waals surface area contributed by atoms with Crippen molar-refractivity contribution in [2.75, 3.05) is 35.0 Å². The molecule has 0 unspecified atom stereocenters. The number of phenolic OH excluding ortho intramolecular Hbond substituents is 1. The van der Waals surface area contributed by atoms with Crippen LogP contribution in [0.15, 0.2) is 24.3 Å². The first-order valence-electron chi connectivity index (χ1n) is 8.18. The first-order valence-corrected chi connectivity index (χ1v) is 8.18. The highest BCUT2D eigenvalue weighted by Gasteiger charge is 2.16. The molecule has 154 valence electrons. The number of terminal acetylenes is 1. The number of benzene rings is 2. The van der Waals surface area contributed by atoms with Gasteiger partial charge in [0.15, 0.2) is 35.6 Å². The smallest absolute Gasteiger partial charge is 0.204 e. The number of hydrogen-bond donors (Lipinski definition) is 1. The van der Waals surface area contributed by atoms with Gasteiger partial charge in [-0.25, -0.2) is 0 Å². The number of phenols is 1. The summed E-state index contributed by atoms with van der Waals surface area (Å²) in [5.41, 5.74) is 0.547. The summed E-state index contributed by atoms with van der Waals surface area (Å²) in [5.74, 6) is 3.84. The molecule has 0 bridgehead atoms. The van der Waals surface area contributed by atoms with Crippen molar-refractivity contribution in [1.29, 1.82) is 0 Å². The van der Waals surface area contributed by atoms with E-state index in [0.717, 1.165) is 0 Å². The highest BCUT2D eigenvalue weighted by atomic mass is 16.5. The van der Waals surface area contributed by atoms with Crippen LogP contribution in [0.5, 0.6) is 34.5 Å². The molecule has 0 aliphatic rings. The summed E-state index contributed by atoms with van der Waals surface area (Å²) >= 11 is 0. The van der Waals surface area contributed by atoms with E-state index in [0.29, 0.717) is 41.1 Å². The predicted molar refractivity (Wildman–Crippen MR) is 106 cm³/mol. The van der Waals surface area contributed by atoms with Gasteiger partial charge in [-0.05, 0) is 24.3 Å². The van der Waals surface area contributed by atoms with Crippen LogP contribution in [0.1, 0.15) is 20.7 Å². The third-order valence-electron chi connectivity index (χ3n) is 3.63. The normalized spacial score (nSPS) is 9.21. The van der Waals surface area contributed by atoms with Crippen molar-refractivity contribution in [3.8, 4) is 46.8 Å². The first-order chi connectivity index (χ1) is 14.0. The van der Waals surface area contributed by atoms with Gasteiger partial charge in [-0.1, -0.05) is 5.92 Å². The molecule has 0 spiro atoms. The standard InChI is InChI=1S/C12H12O4.C9H10O4/c1-4-7-16-11-9(8-13)5-6-10(14-2)12(11)15-3;1-12-7-4-3-6(5-10)8(11)9(7)13-2/h1,5-6,8H,7H2,2-3H3;3-5,11H,1-2H3. The molecule has 1 N–H and O–H groups in total. The molecule has 0 aliphatic heterocycles. The van der Waals surface area contributed by atoms with Crippen LogP contribution in [0.4, 0.5) is 0 Å². The number of hydrogen-bond acceptors (Lipinski definition) is 8. The van der Waals surface area contributed by atoms with E-state index in [-0.39, 0.29) is 23.7 Å². The van der Waals surface area contributed by atoms with Gasteiger partial charge in [0, 0.05) is 0 Å². The number of carbonyl (C=O) groups excluding carboxylic acids is 2. The van der Waals surface area contributed by atoms with Crippen LogP contribution in [-0.4, -0.2) is 52.7 Å². The van der Waals surface area contributed by atoms with Gasteiger partial charge in [-0.3, -0.25) is 9.59 Å². The van der Waals surface area contributed by atoms with Gasteiger partial charge in [0.2, 0.25) is 11.5 Å². The van der Waals surface area contributed by atoms with Crippen LogP contribution in [0.25, 0.3) is 0 Å². The molecule has 0 aromatic heterocycles. The van der Waals surface area contributed by atoms with Crippen LogP contribution in [-0.2, 0) is 0 Å². The maximum atomic E-state index is 10.8. The monoisotopic (exact) mass is 402 g/mol. The molecular weight excluding hydrogens is 380 g/mol. The molecule has 0 aliphatic carbocycles. The molecule has 0 heterocycles. The van der Waals surface area contributed by atoms with Gasteiger partial charge in [0.25, 0.3) is 0 Å². The van der Waals surface area contributed by atoms with Gasteiger partial charge in [0.1, 0.15) is 6.61 Å². The number of ether oxygens (including phenoxy) is 5. The Balaban J connectivity index is 0.000000296. The van der Waals surface area contributed by atoms with Gasteiger partial charge in [0.05, 0.1) is 39.6 Å². The lowest BCUT2D eigenvalue weighted by Gasteiger charge is -2.13. The van der Waals surface area contributed by atoms with E-state index < -0.39 is 0 Å². The molecule has 0 saturated carbocycles. The fourth-order valence-electron chi connectivity index (χ4n) is 2.29. The zero-order chi connectivity index (χ0) is 21.8. The van der Waals surface area contributed by atoms with Crippen molar-refractivity contribution in [3.63, 3.8) is 0 Å². The van der Waals surface area contributed by atoms with Gasteiger partial charge >= 0.3 is 0 Å². The van der Waals surface area contributed by atoms with E-state index in [1.165, 1.54) is 34.5 Å². The number of aromatic hydroxyl groups is 1. The van der Waals surface area contributed by atoms with Crippen molar-refractivity contribution in [3.05, 3.63) is 35.4 Å². The molecule has 0 amide bonds. The number of carbonyl (C=O) groups is 2. The lowest BCUT2D eigenvalue weighted by atomic mass is 10.2. The highest BCUT2D eigenvalue weighted by molar-refractivity contribution is 5.83. The lowest BCUT2D eigenvalue weighted by Crippen LogP contribution is -2.02. The van der Waals surface area contributed by atoms with E-state index in [2.05, 4.69) is 5.92 Å². The van der Waals surface area contributed by atoms with Crippen LogP contribution in [0, 0.1) is 12.3 Å². The van der Waals surface area contributed by atoms with E-state index in [9.17, 15) is 14.7 Å². The summed E-state index contributed by atoms with van der Waals surface area (Å²) in [6, 6.07) is 6.23. The molecule has 0 atom stereocenters. The molecule has 2 aromatic carbocycles. The summed E-state index contributed by atoms with van der Waals surface area (Å²) in [5, 5.41) is 9.46. The second-order valence-electron chi connectivity index (χ2n) is 5.19. The van der Waals surface area contributed by atoms with E-state index in [1.54, 1.807) is 18.2 Å². The summed E-state index contributed by atoms with van der Waals surface area (Å²) in [6.45, 7) is 0.0599. The Morgan fingerprint density at radius 3 is 1.79 bits per heavy atom. The predicted octanol–water partition coefficient (Wildman–Crippen LogP) is 2.75. The van der Waals surface area contributed by atoms with Gasteiger partial charge < -0.3 is 28.8 Å². The molecule has 0 radical (unpaired) electrons. The molecular formula is C21H22O8. The second-order valence-corrected chi connectivity index (χ2v) is 5.19. The molecule has 8 nitrogen and oxygen atoms in total. The van der Waals surface area contributed by atoms with Crippen LogP contribution in [0.2, 0.25) is 0 Å². The Morgan fingerprint density at radius 1 is 0.828 bits per heavy atom. The average Bonchev–Trinajstić information content (AvgIpc) is 2.76. The minimum absolute atomic E-state index is 0.0599. The van der Waals surface area contributed by atoms with E-state index in [4.69, 9.17) is 30.1 Å². The van der Waals surface area contributed by atoms with E-state index in [1.807, 2.05) is 0 Å². The van der Waals surface area contributed by atoms with Crippen LogP contribution >= 0.6 is 0 Å². The fraction of sp³-hybridized carbons (Fsp3) is 0.238. The van der Waals surface area contributed by atoms with Crippen molar-refractivity contribution in [2.24, 2.45) is 0 Å². The van der Waals surface area contributed by atoms with Crippen molar-refractivity contribution in [1.82, 2.24) is 0 Å². The fourth-order valence-corrected chi connectivity index (χ4v) is 2.29. The Bertz CT molecular complexity index is 883. The van der Waals surface area contributed by atoms with Crippen molar-refractivity contribution >= 4 is 12.6 Å². The average molecular weight is 402 g/mol.